The van der Waals surface area contributed by atoms with Crippen LogP contribution >= 0.6 is 0 Å². The number of phenols is 1. The number of rotatable bonds is 8. The molecule has 0 unspecified atom stereocenters. The lowest BCUT2D eigenvalue weighted by atomic mass is 10.1. The molecule has 27 heavy (non-hydrogen) atoms. The van der Waals surface area contributed by atoms with Crippen molar-refractivity contribution in [3.63, 3.8) is 0 Å². The quantitative estimate of drug-likeness (QED) is 0.588. The van der Waals surface area contributed by atoms with Gasteiger partial charge in [0.2, 0.25) is 0 Å². The van der Waals surface area contributed by atoms with Gasteiger partial charge in [0.1, 0.15) is 36.0 Å². The van der Waals surface area contributed by atoms with Gasteiger partial charge in [-0.1, -0.05) is 42.5 Å². The maximum absolute atomic E-state index is 10.9. The fraction of sp³-hybridized carbons (Fsp3) is 0.136. The van der Waals surface area contributed by atoms with Crippen LogP contribution in [0.15, 0.2) is 72.8 Å². The summed E-state index contributed by atoms with van der Waals surface area (Å²) >= 11 is 0. The zero-order chi connectivity index (χ0) is 19.1. The van der Waals surface area contributed by atoms with Crippen molar-refractivity contribution in [2.45, 2.75) is 6.42 Å². The lowest BCUT2D eigenvalue weighted by Crippen LogP contribution is -2.09. The Kier molecular flexibility index (Phi) is 5.94. The molecule has 3 aromatic carbocycles. The van der Waals surface area contributed by atoms with Crippen LogP contribution in [0.4, 0.5) is 0 Å². The molecule has 0 bridgehead atoms. The first-order valence-electron chi connectivity index (χ1n) is 8.56. The van der Waals surface area contributed by atoms with Crippen LogP contribution in [0.3, 0.4) is 0 Å². The molecule has 2 N–H and O–H groups in total. The van der Waals surface area contributed by atoms with Crippen LogP contribution in [-0.2, 0) is 6.42 Å². The second-order valence-corrected chi connectivity index (χ2v) is 5.99. The minimum atomic E-state index is -1.18. The van der Waals surface area contributed by atoms with E-state index < -0.39 is 5.97 Å². The monoisotopic (exact) mass is 364 g/mol. The van der Waals surface area contributed by atoms with E-state index in [1.807, 2.05) is 42.5 Å². The Morgan fingerprint density at radius 2 is 1.37 bits per heavy atom. The van der Waals surface area contributed by atoms with Crippen LogP contribution in [0.2, 0.25) is 0 Å². The summed E-state index contributed by atoms with van der Waals surface area (Å²) in [7, 11) is 0. The molecule has 5 heteroatoms. The highest BCUT2D eigenvalue weighted by Gasteiger charge is 2.10. The number of carboxylic acid groups (broad SMARTS) is 1. The van der Waals surface area contributed by atoms with Crippen LogP contribution < -0.4 is 9.47 Å². The normalized spacial score (nSPS) is 10.4. The smallest absolute Gasteiger partial charge is 0.339 e. The third-order valence-corrected chi connectivity index (χ3v) is 3.99. The molecule has 0 heterocycles. The number of hydrogen-bond donors (Lipinski definition) is 2. The number of aromatic carboxylic acids is 1. The molecule has 3 rings (SSSR count). The largest absolute Gasteiger partial charge is 0.507 e. The molecule has 0 aliphatic carbocycles. The Hall–Kier alpha value is -3.47. The Balaban J connectivity index is 1.45. The number of aromatic hydroxyl groups is 1. The first-order valence-corrected chi connectivity index (χ1v) is 8.56. The summed E-state index contributed by atoms with van der Waals surface area (Å²) in [5.74, 6) is -0.369. The summed E-state index contributed by atoms with van der Waals surface area (Å²) in [5.41, 5.74) is 2.31. The summed E-state index contributed by atoms with van der Waals surface area (Å²) in [6.45, 7) is 0.608. The van der Waals surface area contributed by atoms with E-state index in [4.69, 9.17) is 14.6 Å². The maximum atomic E-state index is 10.9. The van der Waals surface area contributed by atoms with Gasteiger partial charge in [-0.2, -0.15) is 0 Å². The van der Waals surface area contributed by atoms with Crippen LogP contribution in [0.5, 0.6) is 17.2 Å². The molecular weight excluding hydrogens is 344 g/mol. The lowest BCUT2D eigenvalue weighted by molar-refractivity contribution is 0.0693. The topological polar surface area (TPSA) is 76.0 Å². The second kappa shape index (κ2) is 8.76. The summed E-state index contributed by atoms with van der Waals surface area (Å²) < 4.78 is 11.1. The van der Waals surface area contributed by atoms with Gasteiger partial charge in [-0.25, -0.2) is 4.79 Å². The maximum Gasteiger partial charge on any atom is 0.339 e. The molecule has 138 valence electrons. The van der Waals surface area contributed by atoms with Gasteiger partial charge in [0, 0.05) is 6.07 Å². The molecule has 0 aliphatic rings. The van der Waals surface area contributed by atoms with Crippen LogP contribution in [0.1, 0.15) is 21.5 Å². The van der Waals surface area contributed by atoms with Gasteiger partial charge in [-0.3, -0.25) is 0 Å². The molecule has 0 saturated heterocycles. The van der Waals surface area contributed by atoms with Crippen molar-refractivity contribution in [3.05, 3.63) is 89.5 Å². The Morgan fingerprint density at radius 3 is 2.00 bits per heavy atom. The van der Waals surface area contributed by atoms with Gasteiger partial charge in [0.15, 0.2) is 0 Å². The molecule has 3 aromatic rings. The number of carboxylic acids is 1. The molecule has 0 spiro atoms. The standard InChI is InChI=1S/C22H20O5/c23-21-15-19(10-11-20(21)22(24)25)27-13-12-26-18-8-6-17(7-9-18)14-16-4-2-1-3-5-16/h1-11,15,23H,12-14H2,(H,24,25). The van der Waals surface area contributed by atoms with E-state index in [0.717, 1.165) is 12.2 Å². The lowest BCUT2D eigenvalue weighted by Gasteiger charge is -2.10. The average Bonchev–Trinajstić information content (AvgIpc) is 2.67. The van der Waals surface area contributed by atoms with Gasteiger partial charge in [-0.15, -0.1) is 0 Å². The third-order valence-electron chi connectivity index (χ3n) is 3.99. The Labute approximate surface area is 157 Å². The summed E-state index contributed by atoms with van der Waals surface area (Å²) in [4.78, 5) is 10.9. The first-order chi connectivity index (χ1) is 13.1. The average molecular weight is 364 g/mol. The van der Waals surface area contributed by atoms with E-state index in [9.17, 15) is 9.90 Å². The molecule has 0 saturated carbocycles. The molecule has 0 amide bonds. The fourth-order valence-corrected chi connectivity index (χ4v) is 2.64. The van der Waals surface area contributed by atoms with Gasteiger partial charge in [0.25, 0.3) is 0 Å². The van der Waals surface area contributed by atoms with E-state index in [0.29, 0.717) is 12.4 Å². The van der Waals surface area contributed by atoms with Crippen molar-refractivity contribution >= 4 is 5.97 Å². The molecule has 5 nitrogen and oxygen atoms in total. The van der Waals surface area contributed by atoms with E-state index in [-0.39, 0.29) is 17.9 Å². The summed E-state index contributed by atoms with van der Waals surface area (Å²) in [5, 5.41) is 18.5. The minimum absolute atomic E-state index is 0.158. The SMILES string of the molecule is O=C(O)c1ccc(OCCOc2ccc(Cc3ccccc3)cc2)cc1O. The predicted molar refractivity (Wildman–Crippen MR) is 102 cm³/mol. The van der Waals surface area contributed by atoms with Crippen molar-refractivity contribution in [2.24, 2.45) is 0 Å². The van der Waals surface area contributed by atoms with Crippen molar-refractivity contribution in [1.82, 2.24) is 0 Å². The minimum Gasteiger partial charge on any atom is -0.507 e. The van der Waals surface area contributed by atoms with Gasteiger partial charge >= 0.3 is 5.97 Å². The van der Waals surface area contributed by atoms with Crippen molar-refractivity contribution in [1.29, 1.82) is 0 Å². The molecule has 0 aliphatic heterocycles. The van der Waals surface area contributed by atoms with Crippen LogP contribution in [0.25, 0.3) is 0 Å². The number of carbonyl (C=O) groups is 1. The van der Waals surface area contributed by atoms with E-state index >= 15 is 0 Å². The highest BCUT2D eigenvalue weighted by Crippen LogP contribution is 2.23. The number of hydrogen-bond acceptors (Lipinski definition) is 4. The molecule has 0 aromatic heterocycles. The van der Waals surface area contributed by atoms with E-state index in [1.165, 1.54) is 29.3 Å². The predicted octanol–water partition coefficient (Wildman–Crippen LogP) is 4.14. The zero-order valence-electron chi connectivity index (χ0n) is 14.7. The van der Waals surface area contributed by atoms with Crippen LogP contribution in [-0.4, -0.2) is 29.4 Å². The number of ether oxygens (including phenoxy) is 2. The highest BCUT2D eigenvalue weighted by molar-refractivity contribution is 5.90. The molecule has 0 fully saturated rings. The van der Waals surface area contributed by atoms with Crippen molar-refractivity contribution in [3.8, 4) is 17.2 Å². The van der Waals surface area contributed by atoms with Crippen LogP contribution in [0, 0.1) is 0 Å². The summed E-state index contributed by atoms with van der Waals surface area (Å²) in [6, 6.07) is 22.3. The van der Waals surface area contributed by atoms with Crippen molar-refractivity contribution in [2.75, 3.05) is 13.2 Å². The van der Waals surface area contributed by atoms with Crippen molar-refractivity contribution < 1.29 is 24.5 Å². The van der Waals surface area contributed by atoms with Gasteiger partial charge < -0.3 is 19.7 Å². The van der Waals surface area contributed by atoms with Gasteiger partial charge in [0.05, 0.1) is 0 Å². The van der Waals surface area contributed by atoms with E-state index in [1.54, 1.807) is 0 Å². The third kappa shape index (κ3) is 5.25. The van der Waals surface area contributed by atoms with Gasteiger partial charge in [-0.05, 0) is 41.8 Å². The summed E-state index contributed by atoms with van der Waals surface area (Å²) in [6.07, 6.45) is 0.875. The molecule has 0 radical (unpaired) electrons. The Morgan fingerprint density at radius 1 is 0.778 bits per heavy atom. The fourth-order valence-electron chi connectivity index (χ4n) is 2.64. The number of benzene rings is 3. The first kappa shape index (κ1) is 18.3. The molecule has 0 atom stereocenters. The zero-order valence-corrected chi connectivity index (χ0v) is 14.7. The van der Waals surface area contributed by atoms with E-state index in [2.05, 4.69) is 12.1 Å². The Bertz CT molecular complexity index is 888. The second-order valence-electron chi connectivity index (χ2n) is 5.99. The highest BCUT2D eigenvalue weighted by atomic mass is 16.5. The molecular formula is C22H20O5.